The van der Waals surface area contributed by atoms with Crippen LogP contribution in [0.3, 0.4) is 0 Å². The largest absolute Gasteiger partial charge is 0.475 e. The Labute approximate surface area is 117 Å². The normalized spacial score (nSPS) is 12.8. The Hall–Kier alpha value is -2.12. The van der Waals surface area contributed by atoms with Crippen LogP contribution in [0.2, 0.25) is 0 Å². The molecule has 0 saturated carbocycles. The molecular weight excluding hydrogens is 264 g/mol. The number of rotatable bonds is 4. The number of nitrogens with one attached hydrogen (secondary N) is 1. The maximum atomic E-state index is 11.7. The van der Waals surface area contributed by atoms with Crippen molar-refractivity contribution in [2.75, 3.05) is 0 Å². The first-order valence-corrected chi connectivity index (χ1v) is 6.27. The summed E-state index contributed by atoms with van der Waals surface area (Å²) in [4.78, 5) is 26.5. The van der Waals surface area contributed by atoms with Gasteiger partial charge in [0.25, 0.3) is 5.82 Å². The monoisotopic (exact) mass is 284 g/mol. The van der Waals surface area contributed by atoms with Crippen molar-refractivity contribution in [2.45, 2.75) is 45.8 Å². The van der Waals surface area contributed by atoms with Gasteiger partial charge in [-0.15, -0.1) is 5.10 Å². The number of aromatic carboxylic acids is 1. The zero-order valence-electron chi connectivity index (χ0n) is 12.3. The fourth-order valence-electron chi connectivity index (χ4n) is 1.59. The van der Waals surface area contributed by atoms with Crippen LogP contribution >= 0.6 is 0 Å². The van der Waals surface area contributed by atoms with Crippen molar-refractivity contribution in [3.8, 4) is 0 Å². The van der Waals surface area contributed by atoms with E-state index in [1.807, 2.05) is 6.92 Å². The van der Waals surface area contributed by atoms with Crippen LogP contribution in [0.5, 0.6) is 0 Å². The number of carbonyl (C=O) groups is 2. The summed E-state index contributed by atoms with van der Waals surface area (Å²) in [5.41, 5.74) is -0.603. The minimum atomic E-state index is -1.21. The van der Waals surface area contributed by atoms with Gasteiger partial charge in [-0.2, -0.15) is 0 Å². The minimum Gasteiger partial charge on any atom is -0.475 e. The number of aromatic nitrogens is 3. The zero-order chi connectivity index (χ0) is 15.5. The van der Waals surface area contributed by atoms with E-state index in [9.17, 15) is 9.59 Å². The van der Waals surface area contributed by atoms with Crippen molar-refractivity contribution >= 4 is 12.1 Å². The topological polar surface area (TPSA) is 106 Å². The standard InChI is InChI=1S/C12H20N4O4/c1-6-7(13-11(19)20-12(2,3)4)9-14-8(10(17)18)15-16(9)5/h7H,6H2,1-5H3,(H,13,19)(H,17,18)/t7-/m0/s1. The fraction of sp³-hybridized carbons (Fsp3) is 0.667. The number of hydrogen-bond acceptors (Lipinski definition) is 5. The highest BCUT2D eigenvalue weighted by atomic mass is 16.6. The Morgan fingerprint density at radius 3 is 2.45 bits per heavy atom. The minimum absolute atomic E-state index is 0.299. The molecule has 0 aliphatic carbocycles. The first-order chi connectivity index (χ1) is 9.14. The maximum absolute atomic E-state index is 11.7. The van der Waals surface area contributed by atoms with E-state index in [2.05, 4.69) is 15.4 Å². The van der Waals surface area contributed by atoms with Crippen LogP contribution in [0.4, 0.5) is 4.79 Å². The lowest BCUT2D eigenvalue weighted by Gasteiger charge is -2.22. The van der Waals surface area contributed by atoms with E-state index in [0.717, 1.165) is 0 Å². The van der Waals surface area contributed by atoms with Gasteiger partial charge in [0.1, 0.15) is 11.4 Å². The van der Waals surface area contributed by atoms with Crippen LogP contribution in [0.1, 0.15) is 56.6 Å². The van der Waals surface area contributed by atoms with Crippen LogP contribution in [0, 0.1) is 0 Å². The second kappa shape index (κ2) is 5.89. The summed E-state index contributed by atoms with van der Waals surface area (Å²) in [6, 6.07) is -0.463. The van der Waals surface area contributed by atoms with Gasteiger partial charge in [-0.05, 0) is 27.2 Å². The average molecular weight is 284 g/mol. The first kappa shape index (κ1) is 15.9. The summed E-state index contributed by atoms with van der Waals surface area (Å²) in [5, 5.41) is 15.3. The number of amides is 1. The summed E-state index contributed by atoms with van der Waals surface area (Å²) in [6.45, 7) is 7.13. The first-order valence-electron chi connectivity index (χ1n) is 6.27. The molecule has 1 heterocycles. The molecule has 1 amide bonds. The second-order valence-electron chi connectivity index (χ2n) is 5.33. The van der Waals surface area contributed by atoms with Crippen LogP contribution in [-0.4, -0.2) is 37.5 Å². The van der Waals surface area contributed by atoms with E-state index in [1.54, 1.807) is 27.8 Å². The molecule has 0 aliphatic rings. The lowest BCUT2D eigenvalue weighted by molar-refractivity contribution is 0.0498. The predicted molar refractivity (Wildman–Crippen MR) is 70.4 cm³/mol. The summed E-state index contributed by atoms with van der Waals surface area (Å²) in [5.74, 6) is -1.14. The molecule has 0 fully saturated rings. The lowest BCUT2D eigenvalue weighted by atomic mass is 10.2. The molecule has 8 heteroatoms. The van der Waals surface area contributed by atoms with Crippen LogP contribution in [0.15, 0.2) is 0 Å². The Balaban J connectivity index is 2.86. The van der Waals surface area contributed by atoms with Crippen molar-refractivity contribution in [2.24, 2.45) is 7.05 Å². The molecule has 1 atom stereocenters. The van der Waals surface area contributed by atoms with E-state index in [0.29, 0.717) is 12.2 Å². The Kier molecular flexibility index (Phi) is 4.69. The molecule has 2 N–H and O–H groups in total. The van der Waals surface area contributed by atoms with E-state index >= 15 is 0 Å². The summed E-state index contributed by atoms with van der Waals surface area (Å²) < 4.78 is 6.50. The fourth-order valence-corrected chi connectivity index (χ4v) is 1.59. The average Bonchev–Trinajstić information content (AvgIpc) is 2.66. The molecule has 0 unspecified atom stereocenters. The molecule has 0 saturated heterocycles. The van der Waals surface area contributed by atoms with Crippen molar-refractivity contribution in [1.82, 2.24) is 20.1 Å². The summed E-state index contributed by atoms with van der Waals surface area (Å²) in [7, 11) is 1.58. The molecule has 8 nitrogen and oxygen atoms in total. The zero-order valence-corrected chi connectivity index (χ0v) is 12.3. The number of carbonyl (C=O) groups excluding carboxylic acids is 1. The molecule has 0 bridgehead atoms. The van der Waals surface area contributed by atoms with Gasteiger partial charge in [-0.3, -0.25) is 4.68 Å². The highest BCUT2D eigenvalue weighted by molar-refractivity contribution is 5.82. The molecule has 1 rings (SSSR count). The van der Waals surface area contributed by atoms with Crippen LogP contribution in [-0.2, 0) is 11.8 Å². The van der Waals surface area contributed by atoms with Gasteiger partial charge < -0.3 is 15.2 Å². The summed E-state index contributed by atoms with van der Waals surface area (Å²) >= 11 is 0. The van der Waals surface area contributed by atoms with Crippen LogP contribution in [0.25, 0.3) is 0 Å². The molecule has 1 aromatic heterocycles. The number of nitrogens with zero attached hydrogens (tertiary/aromatic N) is 3. The number of aryl methyl sites for hydroxylation is 1. The number of ether oxygens (including phenoxy) is 1. The number of hydrogen-bond donors (Lipinski definition) is 2. The maximum Gasteiger partial charge on any atom is 0.408 e. The molecular formula is C12H20N4O4. The van der Waals surface area contributed by atoms with E-state index in [4.69, 9.17) is 9.84 Å². The van der Waals surface area contributed by atoms with Gasteiger partial charge in [-0.1, -0.05) is 6.92 Å². The lowest BCUT2D eigenvalue weighted by Crippen LogP contribution is -2.35. The summed E-state index contributed by atoms with van der Waals surface area (Å²) in [6.07, 6.45) is -0.0468. The van der Waals surface area contributed by atoms with Crippen molar-refractivity contribution < 1.29 is 19.4 Å². The van der Waals surface area contributed by atoms with Crippen molar-refractivity contribution in [3.63, 3.8) is 0 Å². The molecule has 112 valence electrons. The second-order valence-corrected chi connectivity index (χ2v) is 5.33. The van der Waals surface area contributed by atoms with Crippen molar-refractivity contribution in [3.05, 3.63) is 11.6 Å². The number of carboxylic acid groups (broad SMARTS) is 1. The van der Waals surface area contributed by atoms with Gasteiger partial charge in [-0.25, -0.2) is 14.6 Å². The smallest absolute Gasteiger partial charge is 0.408 e. The Morgan fingerprint density at radius 1 is 1.45 bits per heavy atom. The highest BCUT2D eigenvalue weighted by Crippen LogP contribution is 2.15. The van der Waals surface area contributed by atoms with Gasteiger partial charge in [0.15, 0.2) is 0 Å². The quantitative estimate of drug-likeness (QED) is 0.867. The Bertz CT molecular complexity index is 504. The van der Waals surface area contributed by atoms with Crippen LogP contribution < -0.4 is 5.32 Å². The van der Waals surface area contributed by atoms with Gasteiger partial charge in [0.05, 0.1) is 6.04 Å². The Morgan fingerprint density at radius 2 is 2.05 bits per heavy atom. The molecule has 1 aromatic rings. The predicted octanol–water partition coefficient (Wildman–Crippen LogP) is 1.49. The van der Waals surface area contributed by atoms with E-state index in [1.165, 1.54) is 4.68 Å². The van der Waals surface area contributed by atoms with Gasteiger partial charge in [0, 0.05) is 7.05 Å². The molecule has 0 radical (unpaired) electrons. The van der Waals surface area contributed by atoms with E-state index < -0.39 is 23.7 Å². The third-order valence-corrected chi connectivity index (χ3v) is 2.40. The molecule has 0 aliphatic heterocycles. The van der Waals surface area contributed by atoms with Crippen molar-refractivity contribution in [1.29, 1.82) is 0 Å². The molecule has 20 heavy (non-hydrogen) atoms. The number of alkyl carbamates (subject to hydrolysis) is 1. The third-order valence-electron chi connectivity index (χ3n) is 2.40. The SMILES string of the molecule is CC[C@H](NC(=O)OC(C)(C)C)c1nc(C(=O)O)nn1C. The molecule has 0 aromatic carbocycles. The van der Waals surface area contributed by atoms with Gasteiger partial charge >= 0.3 is 12.1 Å². The van der Waals surface area contributed by atoms with E-state index in [-0.39, 0.29) is 5.82 Å². The van der Waals surface area contributed by atoms with Gasteiger partial charge in [0.2, 0.25) is 0 Å². The third kappa shape index (κ3) is 4.22. The highest BCUT2D eigenvalue weighted by Gasteiger charge is 2.24. The number of carboxylic acids is 1. The molecule has 0 spiro atoms.